The summed E-state index contributed by atoms with van der Waals surface area (Å²) in [6.45, 7) is 6.89. The molecule has 2 atom stereocenters. The van der Waals surface area contributed by atoms with E-state index in [-0.39, 0.29) is 16.7 Å². The summed E-state index contributed by atoms with van der Waals surface area (Å²) in [6, 6.07) is 9.43. The van der Waals surface area contributed by atoms with E-state index in [9.17, 15) is 18.0 Å². The molecule has 10 heteroatoms. The van der Waals surface area contributed by atoms with E-state index in [4.69, 9.17) is 0 Å². The van der Waals surface area contributed by atoms with Crippen molar-refractivity contribution in [3.05, 3.63) is 67.0 Å². The maximum absolute atomic E-state index is 13.5. The van der Waals surface area contributed by atoms with Crippen molar-refractivity contribution in [3.63, 3.8) is 0 Å². The van der Waals surface area contributed by atoms with Gasteiger partial charge in [0.05, 0.1) is 4.90 Å². The largest absolute Gasteiger partial charge is 0.342 e. The minimum absolute atomic E-state index is 0.172. The highest BCUT2D eigenvalue weighted by atomic mass is 32.2. The van der Waals surface area contributed by atoms with E-state index in [1.54, 1.807) is 30.6 Å². The number of sulfone groups is 1. The van der Waals surface area contributed by atoms with Gasteiger partial charge in [0.15, 0.2) is 9.84 Å². The molecule has 2 aliphatic heterocycles. The van der Waals surface area contributed by atoms with Gasteiger partial charge in [0.25, 0.3) is 0 Å². The Labute approximate surface area is 212 Å². The van der Waals surface area contributed by atoms with Crippen LogP contribution < -0.4 is 10.6 Å². The number of carbonyl (C=O) groups excluding carboxylic acids is 2. The molecule has 3 amide bonds. The molecule has 1 aromatic carbocycles. The second-order valence-corrected chi connectivity index (χ2v) is 11.4. The molecule has 3 heterocycles. The molecule has 1 aromatic heterocycles. The van der Waals surface area contributed by atoms with E-state index in [1.165, 1.54) is 18.2 Å². The lowest BCUT2D eigenvalue weighted by molar-refractivity contribution is -0.128. The van der Waals surface area contributed by atoms with Crippen LogP contribution in [-0.4, -0.2) is 66.7 Å². The van der Waals surface area contributed by atoms with Crippen LogP contribution in [0.4, 0.5) is 10.5 Å². The van der Waals surface area contributed by atoms with Crippen LogP contribution in [0.15, 0.2) is 66.3 Å². The molecule has 2 saturated heterocycles. The molecule has 2 unspecified atom stereocenters. The Morgan fingerprint density at radius 3 is 2.67 bits per heavy atom. The molecular weight excluding hydrogens is 478 g/mol. The highest BCUT2D eigenvalue weighted by molar-refractivity contribution is 7.92. The first-order valence-corrected chi connectivity index (χ1v) is 13.8. The van der Waals surface area contributed by atoms with Crippen molar-refractivity contribution in [2.45, 2.75) is 42.5 Å². The van der Waals surface area contributed by atoms with Crippen LogP contribution in [0.2, 0.25) is 0 Å². The SMILES string of the molecule is C=CC(N1CCCC(CN2CCCC2=O)C1)S(=O)(=O)c1ccc(NC(=O)NCc2cccnc2)cc1. The zero-order valence-corrected chi connectivity index (χ0v) is 21.1. The van der Waals surface area contributed by atoms with E-state index in [0.717, 1.165) is 31.4 Å². The summed E-state index contributed by atoms with van der Waals surface area (Å²) in [6.07, 6.45) is 8.18. The average Bonchev–Trinajstić information content (AvgIpc) is 3.28. The molecule has 192 valence electrons. The predicted octanol–water partition coefficient (Wildman–Crippen LogP) is 3.02. The molecule has 2 N–H and O–H groups in total. The summed E-state index contributed by atoms with van der Waals surface area (Å²) in [5.41, 5.74) is 1.36. The van der Waals surface area contributed by atoms with Gasteiger partial charge in [-0.05, 0) is 67.6 Å². The number of nitrogens with one attached hydrogen (secondary N) is 2. The predicted molar refractivity (Wildman–Crippen MR) is 138 cm³/mol. The van der Waals surface area contributed by atoms with E-state index in [2.05, 4.69) is 22.2 Å². The number of nitrogens with zero attached hydrogens (tertiary/aromatic N) is 3. The van der Waals surface area contributed by atoms with Crippen molar-refractivity contribution in [1.29, 1.82) is 0 Å². The van der Waals surface area contributed by atoms with Gasteiger partial charge in [-0.2, -0.15) is 0 Å². The van der Waals surface area contributed by atoms with Gasteiger partial charge >= 0.3 is 6.03 Å². The number of pyridine rings is 1. The third kappa shape index (κ3) is 6.30. The maximum Gasteiger partial charge on any atom is 0.319 e. The highest BCUT2D eigenvalue weighted by Gasteiger charge is 2.35. The van der Waals surface area contributed by atoms with Crippen LogP contribution in [0.3, 0.4) is 0 Å². The van der Waals surface area contributed by atoms with Crippen LogP contribution >= 0.6 is 0 Å². The first kappa shape index (κ1) is 25.8. The van der Waals surface area contributed by atoms with Crippen molar-refractivity contribution in [2.24, 2.45) is 5.92 Å². The Balaban J connectivity index is 1.36. The molecule has 0 bridgehead atoms. The number of carbonyl (C=O) groups is 2. The molecule has 4 rings (SSSR count). The van der Waals surface area contributed by atoms with Gasteiger partial charge in [0.1, 0.15) is 5.37 Å². The smallest absolute Gasteiger partial charge is 0.319 e. The molecule has 0 aliphatic carbocycles. The molecule has 36 heavy (non-hydrogen) atoms. The first-order valence-electron chi connectivity index (χ1n) is 12.3. The summed E-state index contributed by atoms with van der Waals surface area (Å²) < 4.78 is 27.0. The Bertz CT molecular complexity index is 1170. The summed E-state index contributed by atoms with van der Waals surface area (Å²) >= 11 is 0. The van der Waals surface area contributed by atoms with Crippen molar-refractivity contribution < 1.29 is 18.0 Å². The zero-order valence-electron chi connectivity index (χ0n) is 20.3. The Morgan fingerprint density at radius 2 is 2.00 bits per heavy atom. The molecule has 2 fully saturated rings. The minimum Gasteiger partial charge on any atom is -0.342 e. The van der Waals surface area contributed by atoms with Gasteiger partial charge in [-0.15, -0.1) is 6.58 Å². The fourth-order valence-electron chi connectivity index (χ4n) is 4.89. The summed E-state index contributed by atoms with van der Waals surface area (Å²) in [7, 11) is -3.71. The summed E-state index contributed by atoms with van der Waals surface area (Å²) in [5, 5.41) is 4.60. The number of aromatic nitrogens is 1. The van der Waals surface area contributed by atoms with Gasteiger partial charge in [-0.25, -0.2) is 13.2 Å². The summed E-state index contributed by atoms with van der Waals surface area (Å²) in [4.78, 5) is 32.3. The molecule has 0 saturated carbocycles. The zero-order chi connectivity index (χ0) is 25.5. The first-order chi connectivity index (χ1) is 17.4. The number of benzene rings is 1. The van der Waals surface area contributed by atoms with Gasteiger partial charge in [-0.3, -0.25) is 14.7 Å². The lowest BCUT2D eigenvalue weighted by Gasteiger charge is -2.38. The monoisotopic (exact) mass is 511 g/mol. The number of piperidine rings is 1. The van der Waals surface area contributed by atoms with Gasteiger partial charge in [0.2, 0.25) is 5.91 Å². The number of hydrogen-bond donors (Lipinski definition) is 2. The standard InChI is InChI=1S/C26H33N5O4S/c1-2-25(31-15-4-7-21(19-31)18-30-14-5-8-24(30)32)36(34,35)23-11-9-22(10-12-23)29-26(33)28-17-20-6-3-13-27-16-20/h2-3,6,9-13,16,21,25H,1,4-5,7-8,14-15,17-19H2,(H2,28,29,33). The highest BCUT2D eigenvalue weighted by Crippen LogP contribution is 2.27. The topological polar surface area (TPSA) is 112 Å². The molecule has 0 radical (unpaired) electrons. The van der Waals surface area contributed by atoms with Crippen molar-refractivity contribution in [2.75, 3.05) is 31.5 Å². The number of hydrogen-bond acceptors (Lipinski definition) is 6. The lowest BCUT2D eigenvalue weighted by Crippen LogP contribution is -2.48. The third-order valence-electron chi connectivity index (χ3n) is 6.70. The number of likely N-dealkylation sites (tertiary alicyclic amines) is 2. The van der Waals surface area contributed by atoms with Crippen molar-refractivity contribution >= 4 is 27.5 Å². The molecule has 2 aliphatic rings. The van der Waals surface area contributed by atoms with E-state index in [0.29, 0.717) is 38.3 Å². The van der Waals surface area contributed by atoms with Crippen LogP contribution in [0, 0.1) is 5.92 Å². The second kappa shape index (κ2) is 11.7. The van der Waals surface area contributed by atoms with E-state index in [1.807, 2.05) is 15.9 Å². The molecule has 0 spiro atoms. The summed E-state index contributed by atoms with van der Waals surface area (Å²) in [5.74, 6) is 0.440. The van der Waals surface area contributed by atoms with Crippen LogP contribution in [0.1, 0.15) is 31.2 Å². The normalized spacial score (nSPS) is 19.6. The quantitative estimate of drug-likeness (QED) is 0.501. The molecule has 2 aromatic rings. The number of rotatable bonds is 9. The minimum atomic E-state index is -3.71. The molecular formula is C26H33N5O4S. The van der Waals surface area contributed by atoms with E-state index >= 15 is 0 Å². The number of anilines is 1. The van der Waals surface area contributed by atoms with Crippen LogP contribution in [-0.2, 0) is 21.2 Å². The fraction of sp³-hybridized carbons (Fsp3) is 0.423. The second-order valence-electron chi connectivity index (χ2n) is 9.31. The number of urea groups is 1. The van der Waals surface area contributed by atoms with Crippen LogP contribution in [0.5, 0.6) is 0 Å². The lowest BCUT2D eigenvalue weighted by atomic mass is 9.97. The molecule has 9 nitrogen and oxygen atoms in total. The van der Waals surface area contributed by atoms with Gasteiger partial charge < -0.3 is 15.5 Å². The van der Waals surface area contributed by atoms with Crippen molar-refractivity contribution in [1.82, 2.24) is 20.1 Å². The Morgan fingerprint density at radius 1 is 1.19 bits per heavy atom. The maximum atomic E-state index is 13.5. The Hall–Kier alpha value is -3.24. The average molecular weight is 512 g/mol. The van der Waals surface area contributed by atoms with Crippen molar-refractivity contribution in [3.8, 4) is 0 Å². The van der Waals surface area contributed by atoms with Gasteiger partial charge in [0, 0.05) is 50.7 Å². The third-order valence-corrected chi connectivity index (χ3v) is 8.75. The fourth-order valence-corrected chi connectivity index (χ4v) is 6.52. The van der Waals surface area contributed by atoms with E-state index < -0.39 is 21.2 Å². The van der Waals surface area contributed by atoms with Gasteiger partial charge in [-0.1, -0.05) is 12.1 Å². The number of amides is 3. The Kier molecular flexibility index (Phi) is 8.37. The van der Waals surface area contributed by atoms with Crippen LogP contribution in [0.25, 0.3) is 0 Å².